The minimum atomic E-state index is -0.270. The molecule has 3 atom stereocenters. The lowest BCUT2D eigenvalue weighted by molar-refractivity contribution is -0.126. The van der Waals surface area contributed by atoms with Crippen molar-refractivity contribution < 1.29 is 9.32 Å². The van der Waals surface area contributed by atoms with E-state index in [2.05, 4.69) is 27.7 Å². The standard InChI is InChI=1S/C17H22N4O2.ClH/c1-11-10-14(8-9-18-11)16(22)19-12(2)15-20-17(23-21-15)13-6-4-3-5-7-13;/h3-7,11-12,14,18H,8-10H2,1-2H3,(H,19,22);1H/t11-,12?,14-;/m0./s1. The lowest BCUT2D eigenvalue weighted by atomic mass is 9.92. The molecule has 6 nitrogen and oxygen atoms in total. The van der Waals surface area contributed by atoms with Crippen LogP contribution in [0.25, 0.3) is 11.5 Å². The summed E-state index contributed by atoms with van der Waals surface area (Å²) in [5.41, 5.74) is 0.872. The third-order valence-corrected chi connectivity index (χ3v) is 4.20. The zero-order valence-corrected chi connectivity index (χ0v) is 14.7. The van der Waals surface area contributed by atoms with Gasteiger partial charge in [0, 0.05) is 17.5 Å². The van der Waals surface area contributed by atoms with Crippen LogP contribution in [0.3, 0.4) is 0 Å². The molecular formula is C17H23ClN4O2. The zero-order valence-electron chi connectivity index (χ0n) is 13.9. The normalized spacial score (nSPS) is 21.6. The Kier molecular flexibility index (Phi) is 6.34. The monoisotopic (exact) mass is 350 g/mol. The average molecular weight is 351 g/mol. The van der Waals surface area contributed by atoms with Gasteiger partial charge in [0.2, 0.25) is 5.91 Å². The van der Waals surface area contributed by atoms with Crippen molar-refractivity contribution in [2.24, 2.45) is 5.92 Å². The predicted octanol–water partition coefficient (Wildman–Crippen LogP) is 2.72. The van der Waals surface area contributed by atoms with E-state index in [4.69, 9.17) is 4.52 Å². The van der Waals surface area contributed by atoms with Crippen LogP contribution in [0.2, 0.25) is 0 Å². The molecule has 1 aliphatic heterocycles. The van der Waals surface area contributed by atoms with E-state index in [0.29, 0.717) is 17.8 Å². The molecule has 3 rings (SSSR count). The van der Waals surface area contributed by atoms with E-state index in [1.165, 1.54) is 0 Å². The van der Waals surface area contributed by atoms with Crippen LogP contribution < -0.4 is 10.6 Å². The average Bonchev–Trinajstić information content (AvgIpc) is 3.06. The molecule has 130 valence electrons. The number of benzene rings is 1. The van der Waals surface area contributed by atoms with Gasteiger partial charge in [0.1, 0.15) is 0 Å². The Morgan fingerprint density at radius 2 is 2.12 bits per heavy atom. The summed E-state index contributed by atoms with van der Waals surface area (Å²) in [4.78, 5) is 16.8. The molecule has 1 aromatic carbocycles. The molecule has 1 aliphatic rings. The van der Waals surface area contributed by atoms with Crippen LogP contribution in [-0.4, -0.2) is 28.6 Å². The molecule has 1 aromatic heterocycles. The minimum absolute atomic E-state index is 0. The molecule has 0 radical (unpaired) electrons. The lowest BCUT2D eigenvalue weighted by Gasteiger charge is -2.27. The molecule has 2 heterocycles. The van der Waals surface area contributed by atoms with Gasteiger partial charge in [0.05, 0.1) is 6.04 Å². The van der Waals surface area contributed by atoms with Crippen molar-refractivity contribution in [1.29, 1.82) is 0 Å². The summed E-state index contributed by atoms with van der Waals surface area (Å²) in [6, 6.07) is 9.71. The number of piperidine rings is 1. The van der Waals surface area contributed by atoms with E-state index < -0.39 is 0 Å². The number of halogens is 1. The van der Waals surface area contributed by atoms with E-state index in [1.807, 2.05) is 37.3 Å². The van der Waals surface area contributed by atoms with E-state index in [-0.39, 0.29) is 30.3 Å². The molecule has 1 saturated heterocycles. The molecule has 1 amide bonds. The fourth-order valence-electron chi connectivity index (χ4n) is 2.87. The molecule has 2 aromatic rings. The number of hydrogen-bond donors (Lipinski definition) is 2. The summed E-state index contributed by atoms with van der Waals surface area (Å²) in [5.74, 6) is 1.09. The van der Waals surface area contributed by atoms with Gasteiger partial charge >= 0.3 is 0 Å². The Balaban J connectivity index is 0.00000208. The zero-order chi connectivity index (χ0) is 16.2. The van der Waals surface area contributed by atoms with Crippen LogP contribution >= 0.6 is 12.4 Å². The summed E-state index contributed by atoms with van der Waals surface area (Å²) in [7, 11) is 0. The topological polar surface area (TPSA) is 80.0 Å². The number of amides is 1. The fourth-order valence-corrected chi connectivity index (χ4v) is 2.87. The SMILES string of the molecule is CC(NC(=O)[C@H]1CCN[C@@H](C)C1)c1noc(-c2ccccc2)n1.Cl. The second-order valence-electron chi connectivity index (χ2n) is 6.13. The van der Waals surface area contributed by atoms with Crippen LogP contribution in [0.15, 0.2) is 34.9 Å². The third kappa shape index (κ3) is 4.33. The van der Waals surface area contributed by atoms with Crippen molar-refractivity contribution in [2.45, 2.75) is 38.8 Å². The van der Waals surface area contributed by atoms with Crippen LogP contribution in [0.1, 0.15) is 38.6 Å². The number of carbonyl (C=O) groups is 1. The van der Waals surface area contributed by atoms with E-state index in [1.54, 1.807) is 0 Å². The molecular weight excluding hydrogens is 328 g/mol. The minimum Gasteiger partial charge on any atom is -0.346 e. The second-order valence-corrected chi connectivity index (χ2v) is 6.13. The molecule has 7 heteroatoms. The molecule has 1 fully saturated rings. The molecule has 0 bridgehead atoms. The number of rotatable bonds is 4. The van der Waals surface area contributed by atoms with Crippen LogP contribution in [0.4, 0.5) is 0 Å². The third-order valence-electron chi connectivity index (χ3n) is 4.20. The number of aromatic nitrogens is 2. The van der Waals surface area contributed by atoms with Gasteiger partial charge in [-0.2, -0.15) is 4.98 Å². The number of carbonyl (C=O) groups excluding carboxylic acids is 1. The first kappa shape index (κ1) is 18.4. The maximum absolute atomic E-state index is 12.4. The molecule has 2 N–H and O–H groups in total. The van der Waals surface area contributed by atoms with Crippen LogP contribution in [0, 0.1) is 5.92 Å². The first-order valence-electron chi connectivity index (χ1n) is 8.06. The smallest absolute Gasteiger partial charge is 0.257 e. The maximum Gasteiger partial charge on any atom is 0.257 e. The highest BCUT2D eigenvalue weighted by Crippen LogP contribution is 2.20. The number of hydrogen-bond acceptors (Lipinski definition) is 5. The van der Waals surface area contributed by atoms with Gasteiger partial charge in [-0.25, -0.2) is 0 Å². The molecule has 0 spiro atoms. The maximum atomic E-state index is 12.4. The Morgan fingerprint density at radius 3 is 2.83 bits per heavy atom. The highest BCUT2D eigenvalue weighted by Gasteiger charge is 2.26. The van der Waals surface area contributed by atoms with Gasteiger partial charge in [-0.15, -0.1) is 12.4 Å². The van der Waals surface area contributed by atoms with Gasteiger partial charge in [0.25, 0.3) is 5.89 Å². The first-order chi connectivity index (χ1) is 11.1. The summed E-state index contributed by atoms with van der Waals surface area (Å²) in [6.07, 6.45) is 1.73. The van der Waals surface area contributed by atoms with Gasteiger partial charge in [0.15, 0.2) is 5.82 Å². The Bertz CT molecular complexity index is 662. The van der Waals surface area contributed by atoms with Crippen molar-refractivity contribution in [1.82, 2.24) is 20.8 Å². The van der Waals surface area contributed by atoms with Crippen molar-refractivity contribution in [3.05, 3.63) is 36.2 Å². The fraction of sp³-hybridized carbons (Fsp3) is 0.471. The van der Waals surface area contributed by atoms with Crippen LogP contribution in [0.5, 0.6) is 0 Å². The summed E-state index contributed by atoms with van der Waals surface area (Å²) >= 11 is 0. The Hall–Kier alpha value is -1.92. The molecule has 0 aliphatic carbocycles. The lowest BCUT2D eigenvalue weighted by Crippen LogP contribution is -2.43. The molecule has 24 heavy (non-hydrogen) atoms. The molecule has 0 saturated carbocycles. The van der Waals surface area contributed by atoms with Crippen molar-refractivity contribution in [3.8, 4) is 11.5 Å². The second kappa shape index (κ2) is 8.26. The quantitative estimate of drug-likeness (QED) is 0.886. The van der Waals surface area contributed by atoms with Gasteiger partial charge < -0.3 is 15.2 Å². The Morgan fingerprint density at radius 1 is 1.38 bits per heavy atom. The number of nitrogens with zero attached hydrogens (tertiary/aromatic N) is 2. The van der Waals surface area contributed by atoms with Crippen LogP contribution in [-0.2, 0) is 4.79 Å². The number of nitrogens with one attached hydrogen (secondary N) is 2. The molecule has 1 unspecified atom stereocenters. The van der Waals surface area contributed by atoms with E-state index in [0.717, 1.165) is 24.9 Å². The Labute approximate surface area is 147 Å². The van der Waals surface area contributed by atoms with Gasteiger partial charge in [-0.05, 0) is 45.4 Å². The van der Waals surface area contributed by atoms with Crippen molar-refractivity contribution in [3.63, 3.8) is 0 Å². The summed E-state index contributed by atoms with van der Waals surface area (Å²) in [5, 5.41) is 10.3. The highest BCUT2D eigenvalue weighted by atomic mass is 35.5. The van der Waals surface area contributed by atoms with E-state index in [9.17, 15) is 4.79 Å². The largest absolute Gasteiger partial charge is 0.346 e. The van der Waals surface area contributed by atoms with Crippen molar-refractivity contribution in [2.75, 3.05) is 6.54 Å². The summed E-state index contributed by atoms with van der Waals surface area (Å²) < 4.78 is 5.29. The van der Waals surface area contributed by atoms with Gasteiger partial charge in [-0.1, -0.05) is 23.4 Å². The van der Waals surface area contributed by atoms with Crippen molar-refractivity contribution >= 4 is 18.3 Å². The van der Waals surface area contributed by atoms with E-state index >= 15 is 0 Å². The highest BCUT2D eigenvalue weighted by molar-refractivity contribution is 5.85. The summed E-state index contributed by atoms with van der Waals surface area (Å²) in [6.45, 7) is 4.87. The van der Waals surface area contributed by atoms with Gasteiger partial charge in [-0.3, -0.25) is 4.79 Å². The first-order valence-corrected chi connectivity index (χ1v) is 8.06. The predicted molar refractivity (Wildman–Crippen MR) is 93.7 cm³/mol.